The lowest BCUT2D eigenvalue weighted by molar-refractivity contribution is -0.135. The van der Waals surface area contributed by atoms with Crippen LogP contribution in [0.4, 0.5) is 5.69 Å². The molecule has 4 rings (SSSR count). The van der Waals surface area contributed by atoms with Crippen LogP contribution in [0.2, 0.25) is 0 Å². The molecule has 0 aromatic heterocycles. The smallest absolute Gasteiger partial charge is 0.227 e. The molecule has 2 aromatic rings. The highest BCUT2D eigenvalue weighted by Crippen LogP contribution is 2.35. The molecule has 1 aliphatic carbocycles. The molecule has 2 aliphatic rings. The fraction of sp³-hybridized carbons (Fsp3) is 0.500. The number of fused-ring (bicyclic) bond motifs is 1. The summed E-state index contributed by atoms with van der Waals surface area (Å²) in [7, 11) is 0. The van der Waals surface area contributed by atoms with Gasteiger partial charge in [-0.25, -0.2) is 0 Å². The molecule has 34 heavy (non-hydrogen) atoms. The van der Waals surface area contributed by atoms with Gasteiger partial charge in [-0.2, -0.15) is 0 Å². The first-order valence-corrected chi connectivity index (χ1v) is 12.7. The number of carbonyl (C=O) groups is 2. The number of aliphatic hydroxyl groups excluding tert-OH is 1. The normalized spacial score (nSPS) is 16.3. The highest BCUT2D eigenvalue weighted by atomic mass is 16.5. The molecule has 0 bridgehead atoms. The van der Waals surface area contributed by atoms with Crippen molar-refractivity contribution in [2.45, 2.75) is 70.4 Å². The number of benzene rings is 2. The first-order valence-electron chi connectivity index (χ1n) is 12.7. The van der Waals surface area contributed by atoms with E-state index in [0.29, 0.717) is 45.4 Å². The zero-order chi connectivity index (χ0) is 23.8. The van der Waals surface area contributed by atoms with Crippen molar-refractivity contribution < 1.29 is 19.4 Å². The van der Waals surface area contributed by atoms with Gasteiger partial charge in [0.2, 0.25) is 11.8 Å². The Morgan fingerprint density at radius 1 is 1.03 bits per heavy atom. The van der Waals surface area contributed by atoms with Gasteiger partial charge in [-0.1, -0.05) is 55.7 Å². The van der Waals surface area contributed by atoms with Gasteiger partial charge in [0, 0.05) is 31.0 Å². The quantitative estimate of drug-likeness (QED) is 0.527. The Kier molecular flexibility index (Phi) is 8.58. The highest BCUT2D eigenvalue weighted by molar-refractivity contribution is 5.96. The maximum absolute atomic E-state index is 12.8. The largest absolute Gasteiger partial charge is 0.493 e. The monoisotopic (exact) mass is 464 g/mol. The second-order valence-electron chi connectivity index (χ2n) is 9.27. The summed E-state index contributed by atoms with van der Waals surface area (Å²) in [5, 5.41) is 9.44. The van der Waals surface area contributed by atoms with E-state index in [-0.39, 0.29) is 24.5 Å². The Balaban J connectivity index is 1.35. The predicted molar refractivity (Wildman–Crippen MR) is 133 cm³/mol. The minimum atomic E-state index is 0.00704. The number of hydrogen-bond acceptors (Lipinski definition) is 4. The van der Waals surface area contributed by atoms with Gasteiger partial charge in [-0.3, -0.25) is 9.59 Å². The van der Waals surface area contributed by atoms with Crippen molar-refractivity contribution in [3.05, 3.63) is 59.7 Å². The molecule has 0 unspecified atom stereocenters. The second kappa shape index (κ2) is 12.0. The fourth-order valence-electron chi connectivity index (χ4n) is 5.19. The van der Waals surface area contributed by atoms with E-state index in [1.807, 2.05) is 58.3 Å². The van der Waals surface area contributed by atoms with Crippen LogP contribution in [-0.2, 0) is 22.6 Å². The van der Waals surface area contributed by atoms with Crippen molar-refractivity contribution in [1.29, 1.82) is 0 Å². The van der Waals surface area contributed by atoms with Crippen LogP contribution in [0.3, 0.4) is 0 Å². The number of aliphatic hydroxyl groups is 1. The molecule has 1 aliphatic heterocycles. The number of hydrogen-bond donors (Lipinski definition) is 1. The van der Waals surface area contributed by atoms with Crippen molar-refractivity contribution in [3.8, 4) is 5.75 Å². The summed E-state index contributed by atoms with van der Waals surface area (Å²) in [4.78, 5) is 29.3. The van der Waals surface area contributed by atoms with Gasteiger partial charge in [0.05, 0.1) is 25.4 Å². The van der Waals surface area contributed by atoms with Crippen molar-refractivity contribution in [2.24, 2.45) is 0 Å². The Labute approximate surface area is 202 Å². The SMILES string of the molecule is O=C1CCc2c(OCCCC(=O)N(CCO)C3CCCCC3)cccc2N1Cc1ccccc1. The summed E-state index contributed by atoms with van der Waals surface area (Å²) in [6.07, 6.45) is 7.82. The third kappa shape index (κ3) is 5.98. The molecule has 0 atom stereocenters. The van der Waals surface area contributed by atoms with E-state index < -0.39 is 0 Å². The molecule has 6 heteroatoms. The molecule has 1 saturated carbocycles. The molecule has 2 aromatic carbocycles. The Morgan fingerprint density at radius 3 is 2.59 bits per heavy atom. The maximum atomic E-state index is 12.8. The lowest BCUT2D eigenvalue weighted by Crippen LogP contribution is -2.43. The molecule has 182 valence electrons. The van der Waals surface area contributed by atoms with Gasteiger partial charge < -0.3 is 19.6 Å². The number of carbonyl (C=O) groups excluding carboxylic acids is 2. The zero-order valence-electron chi connectivity index (χ0n) is 20.0. The van der Waals surface area contributed by atoms with Gasteiger partial charge in [-0.05, 0) is 43.4 Å². The number of ether oxygens (including phenoxy) is 1. The van der Waals surface area contributed by atoms with Crippen molar-refractivity contribution in [2.75, 3.05) is 24.7 Å². The fourth-order valence-corrected chi connectivity index (χ4v) is 5.19. The Bertz CT molecular complexity index is 956. The topological polar surface area (TPSA) is 70.1 Å². The number of nitrogens with zero attached hydrogens (tertiary/aromatic N) is 2. The van der Waals surface area contributed by atoms with Crippen molar-refractivity contribution >= 4 is 17.5 Å². The van der Waals surface area contributed by atoms with E-state index in [9.17, 15) is 14.7 Å². The molecule has 1 fully saturated rings. The van der Waals surface area contributed by atoms with Crippen LogP contribution in [0.25, 0.3) is 0 Å². The summed E-state index contributed by atoms with van der Waals surface area (Å²) in [6, 6.07) is 16.2. The van der Waals surface area contributed by atoms with Crippen molar-refractivity contribution in [1.82, 2.24) is 4.90 Å². The second-order valence-corrected chi connectivity index (χ2v) is 9.27. The van der Waals surface area contributed by atoms with Crippen LogP contribution in [0, 0.1) is 0 Å². The summed E-state index contributed by atoms with van der Waals surface area (Å²) in [6.45, 7) is 1.42. The molecule has 2 amide bonds. The van der Waals surface area contributed by atoms with E-state index in [4.69, 9.17) is 4.74 Å². The molecule has 0 radical (unpaired) electrons. The maximum Gasteiger partial charge on any atom is 0.227 e. The summed E-state index contributed by atoms with van der Waals surface area (Å²) < 4.78 is 6.12. The predicted octanol–water partition coefficient (Wildman–Crippen LogP) is 4.48. The van der Waals surface area contributed by atoms with Crippen LogP contribution < -0.4 is 9.64 Å². The Hall–Kier alpha value is -2.86. The molecule has 0 spiro atoms. The van der Waals surface area contributed by atoms with Gasteiger partial charge in [0.1, 0.15) is 5.75 Å². The van der Waals surface area contributed by atoms with E-state index in [1.54, 1.807) is 0 Å². The molecule has 1 heterocycles. The van der Waals surface area contributed by atoms with Gasteiger partial charge >= 0.3 is 0 Å². The summed E-state index contributed by atoms with van der Waals surface area (Å²) in [5.41, 5.74) is 3.08. The lowest BCUT2D eigenvalue weighted by Gasteiger charge is -2.34. The third-order valence-electron chi connectivity index (χ3n) is 6.94. The number of rotatable bonds is 10. The molecule has 1 N–H and O–H groups in total. The van der Waals surface area contributed by atoms with E-state index >= 15 is 0 Å². The standard InChI is InChI=1S/C28H36N2O4/c31-19-18-29(23-11-5-2-6-12-23)27(32)15-8-20-34-26-14-7-13-25-24(26)16-17-28(33)30(25)21-22-9-3-1-4-10-22/h1,3-4,7,9-10,13-14,23,31H,2,5-6,8,11-12,15-21H2. The molecule has 0 saturated heterocycles. The minimum absolute atomic E-state index is 0.00704. The Morgan fingerprint density at radius 2 is 1.82 bits per heavy atom. The first-order chi connectivity index (χ1) is 16.7. The summed E-state index contributed by atoms with van der Waals surface area (Å²) in [5.74, 6) is 1.04. The number of anilines is 1. The van der Waals surface area contributed by atoms with Gasteiger partial charge in [-0.15, -0.1) is 0 Å². The van der Waals surface area contributed by atoms with Crippen LogP contribution in [-0.4, -0.2) is 47.6 Å². The summed E-state index contributed by atoms with van der Waals surface area (Å²) >= 11 is 0. The van der Waals surface area contributed by atoms with Crippen LogP contribution in [0.1, 0.15) is 62.5 Å². The molecular formula is C28H36N2O4. The van der Waals surface area contributed by atoms with E-state index in [1.165, 1.54) is 6.42 Å². The highest BCUT2D eigenvalue weighted by Gasteiger charge is 2.27. The van der Waals surface area contributed by atoms with Crippen LogP contribution in [0.15, 0.2) is 48.5 Å². The van der Waals surface area contributed by atoms with E-state index in [0.717, 1.165) is 48.2 Å². The minimum Gasteiger partial charge on any atom is -0.493 e. The van der Waals surface area contributed by atoms with Gasteiger partial charge in [0.25, 0.3) is 0 Å². The van der Waals surface area contributed by atoms with Crippen LogP contribution >= 0.6 is 0 Å². The molecular weight excluding hydrogens is 428 g/mol. The first kappa shape index (κ1) is 24.3. The van der Waals surface area contributed by atoms with Crippen molar-refractivity contribution in [3.63, 3.8) is 0 Å². The third-order valence-corrected chi connectivity index (χ3v) is 6.94. The zero-order valence-corrected chi connectivity index (χ0v) is 20.0. The van der Waals surface area contributed by atoms with E-state index in [2.05, 4.69) is 0 Å². The average Bonchev–Trinajstić information content (AvgIpc) is 2.88. The molecule has 6 nitrogen and oxygen atoms in total. The lowest BCUT2D eigenvalue weighted by atomic mass is 9.94. The van der Waals surface area contributed by atoms with Crippen LogP contribution in [0.5, 0.6) is 5.75 Å². The number of amides is 2. The average molecular weight is 465 g/mol. The van der Waals surface area contributed by atoms with Gasteiger partial charge in [0.15, 0.2) is 0 Å².